The van der Waals surface area contributed by atoms with E-state index in [-0.39, 0.29) is 41.9 Å². The van der Waals surface area contributed by atoms with Gasteiger partial charge in [-0.1, -0.05) is 0 Å². The highest BCUT2D eigenvalue weighted by atomic mass is 35.5. The van der Waals surface area contributed by atoms with E-state index in [1.54, 1.807) is 0 Å². The minimum Gasteiger partial charge on any atom is -0.740 e. The summed E-state index contributed by atoms with van der Waals surface area (Å²) in [4.78, 5) is 23.1. The molecule has 22 heavy (non-hydrogen) atoms. The molecular weight excluding hydrogens is 355 g/mol. The van der Waals surface area contributed by atoms with Gasteiger partial charge >= 0.3 is 0 Å². The Kier molecular flexibility index (Phi) is 8.18. The standard InChI is InChI=1S/C12H14Cl2N2O5S/c13-5-3-11(17)15-8-1-2-10(21-22(19)20)9(7-8)16-12(18)4-6-14/h1-2,7H,3-6H2,(H,15,17)(H,16,18)(H,19,20)/p-1. The van der Waals surface area contributed by atoms with E-state index in [0.717, 1.165) is 0 Å². The molecule has 2 N–H and O–H groups in total. The van der Waals surface area contributed by atoms with Crippen LogP contribution in [0.4, 0.5) is 11.4 Å². The van der Waals surface area contributed by atoms with Crippen molar-refractivity contribution >= 4 is 57.8 Å². The van der Waals surface area contributed by atoms with Crippen molar-refractivity contribution in [1.29, 1.82) is 0 Å². The number of hydrogen-bond acceptors (Lipinski definition) is 5. The number of benzene rings is 1. The summed E-state index contributed by atoms with van der Waals surface area (Å²) in [6, 6.07) is 4.12. The Labute approximate surface area is 139 Å². The summed E-state index contributed by atoms with van der Waals surface area (Å²) in [6.45, 7) is 0. The lowest BCUT2D eigenvalue weighted by Crippen LogP contribution is -2.15. The van der Waals surface area contributed by atoms with Crippen LogP contribution in [-0.2, 0) is 21.0 Å². The molecule has 0 saturated carbocycles. The fourth-order valence-electron chi connectivity index (χ4n) is 1.46. The van der Waals surface area contributed by atoms with Crippen molar-refractivity contribution in [3.8, 4) is 5.75 Å². The molecule has 1 atom stereocenters. The molecule has 1 aromatic carbocycles. The molecule has 0 radical (unpaired) electrons. The van der Waals surface area contributed by atoms with Crippen molar-refractivity contribution < 1.29 is 22.5 Å². The molecule has 0 aliphatic rings. The number of carbonyl (C=O) groups is 2. The number of alkyl halides is 2. The van der Waals surface area contributed by atoms with Crippen molar-refractivity contribution in [2.24, 2.45) is 0 Å². The maximum absolute atomic E-state index is 11.6. The first-order chi connectivity index (χ1) is 10.5. The maximum atomic E-state index is 11.6. The van der Waals surface area contributed by atoms with Gasteiger partial charge in [-0.25, -0.2) is 4.21 Å². The molecule has 0 spiro atoms. The third-order valence-corrected chi connectivity index (χ3v) is 3.03. The van der Waals surface area contributed by atoms with Gasteiger partial charge in [-0.3, -0.25) is 9.59 Å². The van der Waals surface area contributed by atoms with Gasteiger partial charge in [0.1, 0.15) is 11.4 Å². The Morgan fingerprint density at radius 2 is 1.73 bits per heavy atom. The largest absolute Gasteiger partial charge is 0.740 e. The molecule has 10 heteroatoms. The van der Waals surface area contributed by atoms with Crippen LogP contribution < -0.4 is 14.8 Å². The number of nitrogens with one attached hydrogen (secondary N) is 2. The highest BCUT2D eigenvalue weighted by Gasteiger charge is 2.11. The van der Waals surface area contributed by atoms with Crippen molar-refractivity contribution in [3.63, 3.8) is 0 Å². The summed E-state index contributed by atoms with van der Waals surface area (Å²) in [5.41, 5.74) is 0.461. The minimum absolute atomic E-state index is 0.0459. The molecule has 0 bridgehead atoms. The average molecular weight is 368 g/mol. The van der Waals surface area contributed by atoms with Gasteiger partial charge in [-0.2, -0.15) is 0 Å². The number of carbonyl (C=O) groups excluding carboxylic acids is 2. The molecule has 7 nitrogen and oxygen atoms in total. The van der Waals surface area contributed by atoms with Gasteiger partial charge in [0.25, 0.3) is 0 Å². The van der Waals surface area contributed by atoms with Crippen LogP contribution >= 0.6 is 23.2 Å². The number of anilines is 2. The van der Waals surface area contributed by atoms with Crippen LogP contribution in [0.3, 0.4) is 0 Å². The molecule has 0 aliphatic heterocycles. The van der Waals surface area contributed by atoms with Gasteiger partial charge < -0.3 is 19.4 Å². The zero-order valence-corrected chi connectivity index (χ0v) is 13.6. The van der Waals surface area contributed by atoms with E-state index < -0.39 is 17.3 Å². The van der Waals surface area contributed by atoms with E-state index in [4.69, 9.17) is 23.2 Å². The highest BCUT2D eigenvalue weighted by Crippen LogP contribution is 2.29. The summed E-state index contributed by atoms with van der Waals surface area (Å²) in [5.74, 6) is -0.523. The van der Waals surface area contributed by atoms with Crippen LogP contribution in [0, 0.1) is 0 Å². The van der Waals surface area contributed by atoms with Crippen molar-refractivity contribution in [3.05, 3.63) is 18.2 Å². The molecule has 0 fully saturated rings. The van der Waals surface area contributed by atoms with E-state index in [0.29, 0.717) is 5.69 Å². The predicted octanol–water partition coefficient (Wildman–Crippen LogP) is 1.99. The molecule has 1 aromatic rings. The Morgan fingerprint density at radius 3 is 2.27 bits per heavy atom. The molecule has 122 valence electrons. The normalized spacial score (nSPS) is 11.6. The quantitative estimate of drug-likeness (QED) is 0.539. The summed E-state index contributed by atoms with van der Waals surface area (Å²) in [6.07, 6.45) is 0.169. The lowest BCUT2D eigenvalue weighted by atomic mass is 10.2. The molecule has 0 aliphatic carbocycles. The van der Waals surface area contributed by atoms with Crippen LogP contribution in [0.25, 0.3) is 0 Å². The van der Waals surface area contributed by atoms with Gasteiger partial charge in [-0.05, 0) is 18.2 Å². The monoisotopic (exact) mass is 367 g/mol. The summed E-state index contributed by atoms with van der Waals surface area (Å²) < 4.78 is 25.8. The second-order valence-corrected chi connectivity index (χ2v) is 5.30. The van der Waals surface area contributed by atoms with E-state index in [1.807, 2.05) is 0 Å². The smallest absolute Gasteiger partial charge is 0.225 e. The third kappa shape index (κ3) is 6.61. The first-order valence-electron chi connectivity index (χ1n) is 6.09. The molecule has 1 rings (SSSR count). The number of rotatable bonds is 8. The predicted molar refractivity (Wildman–Crippen MR) is 83.9 cm³/mol. The Bertz CT molecular complexity index is 570. The fraction of sp³-hybridized carbons (Fsp3) is 0.333. The van der Waals surface area contributed by atoms with Gasteiger partial charge in [0.15, 0.2) is 5.75 Å². The zero-order valence-electron chi connectivity index (χ0n) is 11.3. The second kappa shape index (κ2) is 9.62. The van der Waals surface area contributed by atoms with E-state index >= 15 is 0 Å². The van der Waals surface area contributed by atoms with E-state index in [1.165, 1.54) is 18.2 Å². The molecule has 1 unspecified atom stereocenters. The highest BCUT2D eigenvalue weighted by molar-refractivity contribution is 7.74. The van der Waals surface area contributed by atoms with Gasteiger partial charge in [0.05, 0.1) is 5.69 Å². The van der Waals surface area contributed by atoms with Gasteiger partial charge in [0, 0.05) is 30.3 Å². The summed E-state index contributed by atoms with van der Waals surface area (Å²) >= 11 is 8.12. The van der Waals surface area contributed by atoms with Crippen molar-refractivity contribution in [2.45, 2.75) is 12.8 Å². The van der Waals surface area contributed by atoms with E-state index in [9.17, 15) is 18.4 Å². The van der Waals surface area contributed by atoms with Crippen LogP contribution in [0.1, 0.15) is 12.8 Å². The lowest BCUT2D eigenvalue weighted by molar-refractivity contribution is -0.116. The molecular formula is C12H13Cl2N2O5S-. The zero-order chi connectivity index (χ0) is 16.5. The van der Waals surface area contributed by atoms with Crippen molar-refractivity contribution in [2.75, 3.05) is 22.4 Å². The maximum Gasteiger partial charge on any atom is 0.225 e. The average Bonchev–Trinajstić information content (AvgIpc) is 2.41. The number of amides is 2. The van der Waals surface area contributed by atoms with Gasteiger partial charge in [-0.15, -0.1) is 23.2 Å². The third-order valence-electron chi connectivity index (χ3n) is 2.34. The van der Waals surface area contributed by atoms with Crippen LogP contribution in [-0.4, -0.2) is 32.3 Å². The SMILES string of the molecule is O=C(CCCl)Nc1ccc(OS(=O)[O-])c(NC(=O)CCCl)c1. The molecule has 0 heterocycles. The second-order valence-electron chi connectivity index (χ2n) is 3.97. The summed E-state index contributed by atoms with van der Waals surface area (Å²) in [5, 5.41) is 5.02. The van der Waals surface area contributed by atoms with Crippen molar-refractivity contribution in [1.82, 2.24) is 0 Å². The van der Waals surface area contributed by atoms with E-state index in [2.05, 4.69) is 14.8 Å². The Balaban J connectivity index is 2.96. The minimum atomic E-state index is -2.80. The Morgan fingerprint density at radius 1 is 1.14 bits per heavy atom. The van der Waals surface area contributed by atoms with Crippen LogP contribution in [0.5, 0.6) is 5.75 Å². The number of hydrogen-bond donors (Lipinski definition) is 2. The van der Waals surface area contributed by atoms with Gasteiger partial charge in [0.2, 0.25) is 11.8 Å². The molecule has 0 aromatic heterocycles. The summed E-state index contributed by atoms with van der Waals surface area (Å²) in [7, 11) is 0. The molecule has 0 saturated heterocycles. The first kappa shape index (κ1) is 18.7. The first-order valence-corrected chi connectivity index (χ1v) is 8.16. The van der Waals surface area contributed by atoms with Crippen LogP contribution in [0.15, 0.2) is 18.2 Å². The Hall–Kier alpha value is -1.35. The molecule has 2 amide bonds. The van der Waals surface area contributed by atoms with Crippen LogP contribution in [0.2, 0.25) is 0 Å². The number of halogens is 2. The fourth-order valence-corrected chi connectivity index (χ4v) is 2.09. The lowest BCUT2D eigenvalue weighted by Gasteiger charge is -2.14. The topological polar surface area (TPSA) is 108 Å².